The van der Waals surface area contributed by atoms with E-state index in [2.05, 4.69) is 26.2 Å². The fourth-order valence-corrected chi connectivity index (χ4v) is 5.68. The largest absolute Gasteiger partial charge is 0.320 e. The minimum atomic E-state index is 0.757. The van der Waals surface area contributed by atoms with Crippen molar-refractivity contribution in [3.05, 3.63) is 0 Å². The highest BCUT2D eigenvalue weighted by Crippen LogP contribution is 2.65. The van der Waals surface area contributed by atoms with Crippen molar-refractivity contribution in [2.45, 2.75) is 52.4 Å². The summed E-state index contributed by atoms with van der Waals surface area (Å²) in [4.78, 5) is 0. The van der Waals surface area contributed by atoms with Gasteiger partial charge in [0.1, 0.15) is 0 Å². The Labute approximate surface area is 107 Å². The van der Waals surface area contributed by atoms with Gasteiger partial charge in [0, 0.05) is 0 Å². The number of rotatable bonds is 4. The molecule has 4 bridgehead atoms. The number of nitrogens with one attached hydrogen (secondary N) is 1. The van der Waals surface area contributed by atoms with Gasteiger partial charge in [-0.3, -0.25) is 0 Å². The van der Waals surface area contributed by atoms with Crippen molar-refractivity contribution < 1.29 is 0 Å². The van der Waals surface area contributed by atoms with Crippen molar-refractivity contribution in [2.24, 2.45) is 35.0 Å². The normalized spacial score (nSPS) is 48.0. The fourth-order valence-electron chi connectivity index (χ4n) is 5.68. The van der Waals surface area contributed by atoms with Crippen molar-refractivity contribution in [1.29, 1.82) is 0 Å². The predicted molar refractivity (Wildman–Crippen MR) is 72.9 cm³/mol. The van der Waals surface area contributed by atoms with Gasteiger partial charge in [0.15, 0.2) is 0 Å². The van der Waals surface area contributed by atoms with Crippen LogP contribution in [-0.4, -0.2) is 13.6 Å². The Hall–Kier alpha value is -0.0400. The van der Waals surface area contributed by atoms with E-state index >= 15 is 0 Å². The second-order valence-corrected chi connectivity index (χ2v) is 7.54. The first-order valence-corrected chi connectivity index (χ1v) is 7.79. The molecule has 0 radical (unpaired) electrons. The quantitative estimate of drug-likeness (QED) is 0.783. The van der Waals surface area contributed by atoms with Gasteiger partial charge in [0.05, 0.1) is 0 Å². The second kappa shape index (κ2) is 4.26. The van der Waals surface area contributed by atoms with Crippen LogP contribution in [0.15, 0.2) is 0 Å². The van der Waals surface area contributed by atoms with Gasteiger partial charge in [-0.15, -0.1) is 0 Å². The molecule has 0 spiro atoms. The maximum absolute atomic E-state index is 3.36. The summed E-state index contributed by atoms with van der Waals surface area (Å²) in [6.45, 7) is 6.20. The van der Waals surface area contributed by atoms with Crippen LogP contribution in [0.2, 0.25) is 0 Å². The minimum Gasteiger partial charge on any atom is -0.320 e. The Morgan fingerprint density at radius 3 is 2.29 bits per heavy atom. The number of hydrogen-bond donors (Lipinski definition) is 1. The summed E-state index contributed by atoms with van der Waals surface area (Å²) in [6, 6.07) is 0. The van der Waals surface area contributed by atoms with E-state index in [0.717, 1.165) is 35.0 Å². The van der Waals surface area contributed by atoms with Crippen molar-refractivity contribution in [3.8, 4) is 0 Å². The van der Waals surface area contributed by atoms with E-state index < -0.39 is 0 Å². The highest BCUT2D eigenvalue weighted by Gasteiger charge is 2.55. The van der Waals surface area contributed by atoms with Crippen molar-refractivity contribution in [3.63, 3.8) is 0 Å². The standard InChI is InChI=1S/C16H29N/c1-11(2)16-8-12-6-13(9-16)15(4-5-17-3)14(7-12)10-16/h11-15,17H,4-10H2,1-3H3. The topological polar surface area (TPSA) is 12.0 Å². The molecule has 4 saturated carbocycles. The molecular formula is C16H29N. The summed E-state index contributed by atoms with van der Waals surface area (Å²) < 4.78 is 0. The zero-order chi connectivity index (χ0) is 12.0. The molecule has 2 atom stereocenters. The highest BCUT2D eigenvalue weighted by molar-refractivity contribution is 5.05. The first kappa shape index (κ1) is 12.0. The molecule has 0 amide bonds. The van der Waals surface area contributed by atoms with E-state index in [0.29, 0.717) is 0 Å². The minimum absolute atomic E-state index is 0.757. The van der Waals surface area contributed by atoms with Crippen LogP contribution in [0.25, 0.3) is 0 Å². The van der Waals surface area contributed by atoms with Gasteiger partial charge in [-0.25, -0.2) is 0 Å². The molecule has 0 heterocycles. The van der Waals surface area contributed by atoms with E-state index in [4.69, 9.17) is 0 Å². The predicted octanol–water partition coefficient (Wildman–Crippen LogP) is 3.69. The van der Waals surface area contributed by atoms with Crippen molar-refractivity contribution in [1.82, 2.24) is 5.32 Å². The molecule has 4 fully saturated rings. The highest BCUT2D eigenvalue weighted by atomic mass is 14.8. The summed E-state index contributed by atoms with van der Waals surface area (Å²) in [6.07, 6.45) is 9.26. The molecule has 0 aliphatic heterocycles. The first-order valence-electron chi connectivity index (χ1n) is 7.79. The molecule has 1 N–H and O–H groups in total. The maximum Gasteiger partial charge on any atom is -0.00491 e. The molecular weight excluding hydrogens is 206 g/mol. The van der Waals surface area contributed by atoms with E-state index in [1.165, 1.54) is 13.0 Å². The summed E-state index contributed by atoms with van der Waals surface area (Å²) in [7, 11) is 2.10. The van der Waals surface area contributed by atoms with Crippen LogP contribution in [0.4, 0.5) is 0 Å². The van der Waals surface area contributed by atoms with Crippen LogP contribution >= 0.6 is 0 Å². The monoisotopic (exact) mass is 235 g/mol. The van der Waals surface area contributed by atoms with E-state index in [1.54, 1.807) is 32.1 Å². The van der Waals surface area contributed by atoms with Gasteiger partial charge < -0.3 is 5.32 Å². The lowest BCUT2D eigenvalue weighted by atomic mass is 9.43. The molecule has 4 aliphatic carbocycles. The van der Waals surface area contributed by atoms with Gasteiger partial charge in [-0.05, 0) is 87.1 Å². The average Bonchev–Trinajstić information content (AvgIpc) is 2.27. The smallest absolute Gasteiger partial charge is 0.00491 e. The lowest BCUT2D eigenvalue weighted by Gasteiger charge is -2.62. The Bertz CT molecular complexity index is 267. The van der Waals surface area contributed by atoms with Crippen LogP contribution < -0.4 is 5.32 Å². The summed E-state index contributed by atoms with van der Waals surface area (Å²) in [5.41, 5.74) is 0.757. The molecule has 0 aromatic carbocycles. The fraction of sp³-hybridized carbons (Fsp3) is 1.00. The molecule has 4 rings (SSSR count). The Kier molecular flexibility index (Phi) is 3.01. The molecule has 0 aromatic heterocycles. The van der Waals surface area contributed by atoms with Crippen molar-refractivity contribution >= 4 is 0 Å². The number of hydrogen-bond acceptors (Lipinski definition) is 1. The van der Waals surface area contributed by atoms with Crippen LogP contribution in [0.3, 0.4) is 0 Å². The third kappa shape index (κ3) is 1.85. The zero-order valence-corrected chi connectivity index (χ0v) is 11.8. The maximum atomic E-state index is 3.36. The third-order valence-corrected chi connectivity index (χ3v) is 6.47. The molecule has 98 valence electrons. The Morgan fingerprint density at radius 2 is 1.76 bits per heavy atom. The Balaban J connectivity index is 1.76. The van der Waals surface area contributed by atoms with Crippen LogP contribution in [-0.2, 0) is 0 Å². The van der Waals surface area contributed by atoms with Gasteiger partial charge in [-0.1, -0.05) is 13.8 Å². The molecule has 4 aliphatic rings. The SMILES string of the molecule is CNCCC1C2CC3CC1CC(C(C)C)(C3)C2. The summed E-state index contributed by atoms with van der Waals surface area (Å²) in [5.74, 6) is 5.24. The van der Waals surface area contributed by atoms with Gasteiger partial charge in [-0.2, -0.15) is 0 Å². The second-order valence-electron chi connectivity index (χ2n) is 7.54. The molecule has 2 unspecified atom stereocenters. The molecule has 1 nitrogen and oxygen atoms in total. The average molecular weight is 235 g/mol. The van der Waals surface area contributed by atoms with E-state index in [-0.39, 0.29) is 0 Å². The van der Waals surface area contributed by atoms with Gasteiger partial charge >= 0.3 is 0 Å². The molecule has 0 aromatic rings. The van der Waals surface area contributed by atoms with E-state index in [1.807, 2.05) is 0 Å². The molecule has 17 heavy (non-hydrogen) atoms. The third-order valence-electron chi connectivity index (χ3n) is 6.47. The molecule has 1 heteroatoms. The lowest BCUT2D eigenvalue weighted by Crippen LogP contribution is -2.53. The van der Waals surface area contributed by atoms with Gasteiger partial charge in [0.2, 0.25) is 0 Å². The van der Waals surface area contributed by atoms with Crippen LogP contribution in [0.5, 0.6) is 0 Å². The summed E-state index contributed by atoms with van der Waals surface area (Å²) in [5, 5.41) is 3.36. The van der Waals surface area contributed by atoms with Crippen LogP contribution in [0, 0.1) is 35.0 Å². The van der Waals surface area contributed by atoms with Crippen LogP contribution in [0.1, 0.15) is 52.4 Å². The summed E-state index contributed by atoms with van der Waals surface area (Å²) >= 11 is 0. The van der Waals surface area contributed by atoms with Gasteiger partial charge in [0.25, 0.3) is 0 Å². The lowest BCUT2D eigenvalue weighted by molar-refractivity contribution is -0.118. The van der Waals surface area contributed by atoms with Crippen molar-refractivity contribution in [2.75, 3.05) is 13.6 Å². The first-order chi connectivity index (χ1) is 8.14. The molecule has 0 saturated heterocycles. The zero-order valence-electron chi connectivity index (χ0n) is 11.8. The Morgan fingerprint density at radius 1 is 1.12 bits per heavy atom. The van der Waals surface area contributed by atoms with E-state index in [9.17, 15) is 0 Å².